The Morgan fingerprint density at radius 2 is 1.42 bits per heavy atom. The maximum absolute atomic E-state index is 10.6. The number of furan rings is 1. The minimum atomic E-state index is -0.0581. The Hall–Kier alpha value is -5.94. The first-order valence-electron chi connectivity index (χ1n) is 17.1. The van der Waals surface area contributed by atoms with Crippen LogP contribution < -0.4 is 0 Å². The number of aromatic nitrogens is 1. The van der Waals surface area contributed by atoms with Crippen molar-refractivity contribution in [3.8, 4) is 39.5 Å². The number of phenolic OH excluding ortho intramolecular Hbond substituents is 1. The number of oxazole rings is 1. The fourth-order valence-electron chi connectivity index (χ4n) is 6.64. The Morgan fingerprint density at radius 3 is 2.22 bits per heavy atom. The van der Waals surface area contributed by atoms with Crippen LogP contribution in [0.25, 0.3) is 66.7 Å². The molecule has 0 bridgehead atoms. The molecule has 6 aromatic carbocycles. The van der Waals surface area contributed by atoms with E-state index < -0.39 is 0 Å². The number of phenols is 1. The summed E-state index contributed by atoms with van der Waals surface area (Å²) in [5.74, 6) is 1.11. The Kier molecular flexibility index (Phi) is 7.64. The standard InChI is InChI=1S/C45H38N2O3/c1-27(2)28-17-19-29(20-18-28)32-22-23-34(43-41(32)36-12-7-9-15-39(36)49-43)33-13-10-16-40-42(33)47-44(50-40)35-11-6-8-14-37(35)46-26-30-25-31(45(3,4)5)21-24-38(30)48/h6-27,48H,1-5H3. The lowest BCUT2D eigenvalue weighted by Crippen LogP contribution is -2.11. The SMILES string of the molecule is CC(C)c1ccc(-c2ccc(-c3cccc4oc(-c5ccccc5N=Cc5cc(C(C)(C)C)ccc5O)nc34)c3oc4ccccc4c23)cc1. The fraction of sp³-hybridized carbons (Fsp3) is 0.156. The predicted octanol–water partition coefficient (Wildman–Crippen LogP) is 12.6. The minimum absolute atomic E-state index is 0.0581. The second-order valence-electron chi connectivity index (χ2n) is 14.2. The molecule has 0 aliphatic rings. The zero-order valence-electron chi connectivity index (χ0n) is 28.9. The largest absolute Gasteiger partial charge is 0.507 e. The van der Waals surface area contributed by atoms with Gasteiger partial charge in [-0.05, 0) is 76.1 Å². The maximum Gasteiger partial charge on any atom is 0.229 e. The van der Waals surface area contributed by atoms with Crippen molar-refractivity contribution in [2.45, 2.75) is 46.0 Å². The number of para-hydroxylation sites is 3. The van der Waals surface area contributed by atoms with Gasteiger partial charge in [0.25, 0.3) is 0 Å². The predicted molar refractivity (Wildman–Crippen MR) is 206 cm³/mol. The number of fused-ring (bicyclic) bond motifs is 4. The van der Waals surface area contributed by atoms with Crippen LogP contribution >= 0.6 is 0 Å². The summed E-state index contributed by atoms with van der Waals surface area (Å²) in [6, 6.07) is 40.8. The van der Waals surface area contributed by atoms with Gasteiger partial charge in [-0.15, -0.1) is 0 Å². The van der Waals surface area contributed by atoms with Crippen molar-refractivity contribution in [3.63, 3.8) is 0 Å². The van der Waals surface area contributed by atoms with Crippen LogP contribution in [0, 0.1) is 0 Å². The molecule has 8 rings (SSSR count). The van der Waals surface area contributed by atoms with Crippen LogP contribution in [0.3, 0.4) is 0 Å². The molecule has 0 saturated carbocycles. The summed E-state index contributed by atoms with van der Waals surface area (Å²) in [6.45, 7) is 10.9. The molecule has 0 atom stereocenters. The van der Waals surface area contributed by atoms with Gasteiger partial charge in [0, 0.05) is 33.7 Å². The second kappa shape index (κ2) is 12.2. The lowest BCUT2D eigenvalue weighted by atomic mass is 9.86. The number of aliphatic imine (C=N–C) groups is 1. The maximum atomic E-state index is 10.6. The van der Waals surface area contributed by atoms with Crippen LogP contribution in [0.5, 0.6) is 5.75 Å². The first-order valence-corrected chi connectivity index (χ1v) is 17.1. The van der Waals surface area contributed by atoms with Crippen molar-refractivity contribution in [3.05, 3.63) is 138 Å². The highest BCUT2D eigenvalue weighted by Crippen LogP contribution is 2.44. The van der Waals surface area contributed by atoms with Crippen LogP contribution in [0.15, 0.2) is 135 Å². The van der Waals surface area contributed by atoms with Gasteiger partial charge in [0.1, 0.15) is 22.4 Å². The molecule has 0 unspecified atom stereocenters. The highest BCUT2D eigenvalue weighted by molar-refractivity contribution is 6.17. The van der Waals surface area contributed by atoms with Crippen molar-refractivity contribution in [2.75, 3.05) is 0 Å². The van der Waals surface area contributed by atoms with E-state index in [1.165, 1.54) is 5.56 Å². The topological polar surface area (TPSA) is 71.8 Å². The number of hydrogen-bond donors (Lipinski definition) is 1. The lowest BCUT2D eigenvalue weighted by molar-refractivity contribution is 0.473. The third kappa shape index (κ3) is 5.55. The zero-order chi connectivity index (χ0) is 34.6. The highest BCUT2D eigenvalue weighted by Gasteiger charge is 2.21. The van der Waals surface area contributed by atoms with Gasteiger partial charge in [-0.25, -0.2) is 4.98 Å². The summed E-state index contributed by atoms with van der Waals surface area (Å²) in [5, 5.41) is 12.8. The van der Waals surface area contributed by atoms with Crippen LogP contribution in [0.4, 0.5) is 5.69 Å². The molecular weight excluding hydrogens is 617 g/mol. The summed E-state index contributed by atoms with van der Waals surface area (Å²) in [7, 11) is 0. The van der Waals surface area contributed by atoms with Gasteiger partial charge in [0.15, 0.2) is 5.58 Å². The molecule has 0 spiro atoms. The molecule has 2 aromatic heterocycles. The van der Waals surface area contributed by atoms with Gasteiger partial charge in [-0.1, -0.05) is 113 Å². The molecule has 0 fully saturated rings. The van der Waals surface area contributed by atoms with Crippen LogP contribution in [-0.2, 0) is 5.41 Å². The molecule has 0 amide bonds. The Labute approximate surface area is 291 Å². The smallest absolute Gasteiger partial charge is 0.229 e. The number of benzene rings is 6. The van der Waals surface area contributed by atoms with Gasteiger partial charge >= 0.3 is 0 Å². The van der Waals surface area contributed by atoms with E-state index in [-0.39, 0.29) is 11.2 Å². The Balaban J connectivity index is 1.24. The van der Waals surface area contributed by atoms with E-state index >= 15 is 0 Å². The Morgan fingerprint density at radius 1 is 0.700 bits per heavy atom. The molecule has 0 aliphatic carbocycles. The van der Waals surface area contributed by atoms with Gasteiger partial charge in [0.05, 0.1) is 11.3 Å². The van der Waals surface area contributed by atoms with Crippen molar-refractivity contribution >= 4 is 44.9 Å². The average Bonchev–Trinajstić information content (AvgIpc) is 3.73. The third-order valence-corrected chi connectivity index (χ3v) is 9.49. The molecule has 5 heteroatoms. The van der Waals surface area contributed by atoms with Crippen LogP contribution in [0.2, 0.25) is 0 Å². The first kappa shape index (κ1) is 31.3. The average molecular weight is 655 g/mol. The van der Waals surface area contributed by atoms with Crippen molar-refractivity contribution in [2.24, 2.45) is 4.99 Å². The number of rotatable bonds is 6. The minimum Gasteiger partial charge on any atom is -0.507 e. The highest BCUT2D eigenvalue weighted by atomic mass is 16.3. The van der Waals surface area contributed by atoms with Crippen LogP contribution in [0.1, 0.15) is 57.2 Å². The number of nitrogens with zero attached hydrogens (tertiary/aromatic N) is 2. The molecule has 0 aliphatic heterocycles. The first-order chi connectivity index (χ1) is 24.2. The quantitative estimate of drug-likeness (QED) is 0.181. The zero-order valence-corrected chi connectivity index (χ0v) is 28.9. The third-order valence-electron chi connectivity index (χ3n) is 9.49. The van der Waals surface area contributed by atoms with E-state index in [0.29, 0.717) is 28.6 Å². The summed E-state index contributed by atoms with van der Waals surface area (Å²) in [5.41, 5.74) is 11.7. The summed E-state index contributed by atoms with van der Waals surface area (Å²) in [4.78, 5) is 9.88. The Bertz CT molecular complexity index is 2560. The molecular formula is C45H38N2O3. The normalized spacial score (nSPS) is 12.3. The molecule has 246 valence electrons. The van der Waals surface area contributed by atoms with Crippen molar-refractivity contribution < 1.29 is 13.9 Å². The van der Waals surface area contributed by atoms with E-state index in [4.69, 9.17) is 18.8 Å². The molecule has 0 radical (unpaired) electrons. The second-order valence-corrected chi connectivity index (χ2v) is 14.2. The van der Waals surface area contributed by atoms with Gasteiger partial charge in [-0.3, -0.25) is 4.99 Å². The monoisotopic (exact) mass is 654 g/mol. The summed E-state index contributed by atoms with van der Waals surface area (Å²) < 4.78 is 13.1. The van der Waals surface area contributed by atoms with E-state index in [2.05, 4.69) is 89.2 Å². The van der Waals surface area contributed by atoms with Gasteiger partial charge < -0.3 is 13.9 Å². The molecule has 8 aromatic rings. The van der Waals surface area contributed by atoms with Gasteiger partial charge in [0.2, 0.25) is 5.89 Å². The van der Waals surface area contributed by atoms with Crippen molar-refractivity contribution in [1.29, 1.82) is 0 Å². The summed E-state index contributed by atoms with van der Waals surface area (Å²) >= 11 is 0. The number of aromatic hydroxyl groups is 1. The van der Waals surface area contributed by atoms with Crippen molar-refractivity contribution in [1.82, 2.24) is 4.98 Å². The number of hydrogen-bond acceptors (Lipinski definition) is 5. The van der Waals surface area contributed by atoms with E-state index in [1.807, 2.05) is 60.7 Å². The van der Waals surface area contributed by atoms with Gasteiger partial charge in [-0.2, -0.15) is 0 Å². The molecule has 0 saturated heterocycles. The summed E-state index contributed by atoms with van der Waals surface area (Å²) in [6.07, 6.45) is 1.70. The molecule has 50 heavy (non-hydrogen) atoms. The fourth-order valence-corrected chi connectivity index (χ4v) is 6.64. The molecule has 5 nitrogen and oxygen atoms in total. The van der Waals surface area contributed by atoms with E-state index in [1.54, 1.807) is 12.3 Å². The van der Waals surface area contributed by atoms with Crippen LogP contribution in [-0.4, -0.2) is 16.3 Å². The van der Waals surface area contributed by atoms with E-state index in [0.717, 1.165) is 60.8 Å². The molecule has 1 N–H and O–H groups in total. The lowest BCUT2D eigenvalue weighted by Gasteiger charge is -2.19. The molecule has 2 heterocycles. The van der Waals surface area contributed by atoms with E-state index in [9.17, 15) is 5.11 Å².